The van der Waals surface area contributed by atoms with Crippen LogP contribution in [0.5, 0.6) is 0 Å². The highest BCUT2D eigenvalue weighted by atomic mass is 35.5. The summed E-state index contributed by atoms with van der Waals surface area (Å²) in [6, 6.07) is 12.5. The number of benzene rings is 2. The van der Waals surface area contributed by atoms with Crippen molar-refractivity contribution in [3.63, 3.8) is 0 Å². The van der Waals surface area contributed by atoms with E-state index in [1.165, 1.54) is 23.8 Å². The van der Waals surface area contributed by atoms with E-state index in [2.05, 4.69) is 94.8 Å². The zero-order valence-corrected chi connectivity index (χ0v) is 41.0. The van der Waals surface area contributed by atoms with Crippen molar-refractivity contribution < 1.29 is 29.0 Å². The monoisotopic (exact) mass is 926 g/mol. The number of halogens is 2. The van der Waals surface area contributed by atoms with E-state index in [-0.39, 0.29) is 45.4 Å². The van der Waals surface area contributed by atoms with Gasteiger partial charge in [0.1, 0.15) is 0 Å². The predicted molar refractivity (Wildman–Crippen MR) is 253 cm³/mol. The standard InChI is InChI=1S/C27H35ClN2O3.C26H33ClN2O3/c1-24(2,3)12-10-18-8-9-19(13-21(18)28)27-11-6-5-7-20(27)14-30(23(32)29-27)26-15-25(16-26,17-26)22(31)33-4;1-23(2,3)11-9-17-7-8-18(12-20(17)27)26-10-5-4-6-19(26)13-29(22(32)28-26)25-14-24(15-25,16-25)21(30)31/h8-9,13-14H,5-7,10-12,15-17H2,1-4H3,(H,29,32);7-8,12-13H,4-6,9-11,14-16H2,1-3H3,(H,28,32)(H,30,31)/t25?,26?,27-;24?,25?,26-/m00/s1. The molecule has 10 nitrogen and oxygen atoms in total. The zero-order chi connectivity index (χ0) is 46.6. The smallest absolute Gasteiger partial charge is 0.322 e. The second kappa shape index (κ2) is 15.8. The SMILES string of the molecule is CC(C)(C)CCc1ccc([C@@]23CCCCC2=CN(C24CC(C(=O)O)(C2)C4)C(=O)N3)cc1Cl.COC(=O)C12CC(N3C=C4CCCC[C@@]4(c4ccc(CCC(C)(C)C)c(Cl)c4)NC3=O)(C1)C2. The summed E-state index contributed by atoms with van der Waals surface area (Å²) in [6.45, 7) is 13.4. The van der Waals surface area contributed by atoms with Crippen molar-refractivity contribution in [2.45, 2.75) is 179 Å². The van der Waals surface area contributed by atoms with Crippen LogP contribution in [0.3, 0.4) is 0 Å². The van der Waals surface area contributed by atoms with Crippen LogP contribution in [0.25, 0.3) is 0 Å². The lowest BCUT2D eigenvalue weighted by Crippen LogP contribution is -2.78. The number of aliphatic carboxylic acids is 1. The molecule has 0 saturated heterocycles. The number of fused-ring (bicyclic) bond motifs is 2. The minimum Gasteiger partial charge on any atom is -0.481 e. The van der Waals surface area contributed by atoms with E-state index < -0.39 is 22.5 Å². The Bertz CT molecular complexity index is 2350. The lowest BCUT2D eigenvalue weighted by atomic mass is 9.38. The minimum atomic E-state index is -0.724. The molecule has 2 heterocycles. The maximum atomic E-state index is 13.4. The van der Waals surface area contributed by atoms with Crippen molar-refractivity contribution in [3.05, 3.63) is 92.2 Å². The fourth-order valence-electron chi connectivity index (χ4n) is 12.9. The van der Waals surface area contributed by atoms with Gasteiger partial charge in [-0.15, -0.1) is 0 Å². The number of amides is 4. The summed E-state index contributed by atoms with van der Waals surface area (Å²) in [7, 11) is 1.45. The van der Waals surface area contributed by atoms with Crippen LogP contribution in [0.2, 0.25) is 10.0 Å². The molecule has 0 radical (unpaired) electrons. The molecule has 2 aromatic carbocycles. The second-order valence-electron chi connectivity index (χ2n) is 23.7. The van der Waals surface area contributed by atoms with Gasteiger partial charge in [-0.3, -0.25) is 19.4 Å². The van der Waals surface area contributed by atoms with Crippen molar-refractivity contribution in [2.75, 3.05) is 7.11 Å². The van der Waals surface area contributed by atoms with Gasteiger partial charge < -0.3 is 20.5 Å². The first-order valence-electron chi connectivity index (χ1n) is 24.1. The first kappa shape index (κ1) is 46.1. The highest BCUT2D eigenvalue weighted by molar-refractivity contribution is 6.31. The molecule has 0 spiro atoms. The molecule has 4 bridgehead atoms. The van der Waals surface area contributed by atoms with E-state index >= 15 is 0 Å². The van der Waals surface area contributed by atoms with Crippen LogP contribution in [0.1, 0.15) is 167 Å². The molecule has 4 amide bonds. The summed E-state index contributed by atoms with van der Waals surface area (Å²) >= 11 is 13.5. The zero-order valence-electron chi connectivity index (χ0n) is 39.5. The van der Waals surface area contributed by atoms with E-state index in [0.29, 0.717) is 38.5 Å². The third kappa shape index (κ3) is 7.68. The number of carbonyl (C=O) groups excluding carboxylic acids is 3. The molecule has 2 aliphatic heterocycles. The van der Waals surface area contributed by atoms with E-state index in [1.54, 1.807) is 0 Å². The average Bonchev–Trinajstić information content (AvgIpc) is 3.17. The van der Waals surface area contributed by atoms with Gasteiger partial charge in [0.2, 0.25) is 0 Å². The number of nitrogens with zero attached hydrogens (tertiary/aromatic N) is 2. The Morgan fingerprint density at radius 1 is 0.662 bits per heavy atom. The summed E-state index contributed by atoms with van der Waals surface area (Å²) in [5, 5.41) is 17.8. The third-order valence-corrected chi connectivity index (χ3v) is 17.4. The molecular formula is C53H68Cl2N4O6. The molecule has 12 heteroatoms. The van der Waals surface area contributed by atoms with Crippen molar-refractivity contribution >= 4 is 47.2 Å². The Hall–Kier alpha value is -4.02. The van der Waals surface area contributed by atoms with E-state index in [0.717, 1.165) is 104 Å². The largest absolute Gasteiger partial charge is 0.481 e. The Morgan fingerprint density at radius 2 is 1.06 bits per heavy atom. The van der Waals surface area contributed by atoms with Crippen molar-refractivity contribution in [1.29, 1.82) is 0 Å². The molecule has 65 heavy (non-hydrogen) atoms. The molecule has 0 aromatic heterocycles. The highest BCUT2D eigenvalue weighted by Gasteiger charge is 2.76. The predicted octanol–water partition coefficient (Wildman–Crippen LogP) is 12.1. The first-order valence-corrected chi connectivity index (χ1v) is 24.8. The summed E-state index contributed by atoms with van der Waals surface area (Å²) in [5.41, 5.74) is 4.93. The number of methoxy groups -OCH3 is 1. The van der Waals surface area contributed by atoms with Gasteiger partial charge in [-0.05, 0) is 159 Å². The molecule has 350 valence electrons. The number of carboxylic acid groups (broad SMARTS) is 1. The maximum Gasteiger partial charge on any atom is 0.322 e. The molecular weight excluding hydrogens is 860 g/mol. The topological polar surface area (TPSA) is 128 Å². The molecule has 8 fully saturated rings. The Kier molecular flexibility index (Phi) is 11.2. The van der Waals surface area contributed by atoms with Crippen LogP contribution >= 0.6 is 23.2 Å². The van der Waals surface area contributed by atoms with Gasteiger partial charge in [0.15, 0.2) is 0 Å². The van der Waals surface area contributed by atoms with Gasteiger partial charge in [-0.25, -0.2) is 9.59 Å². The van der Waals surface area contributed by atoms with E-state index in [1.807, 2.05) is 16.0 Å². The highest BCUT2D eigenvalue weighted by Crippen LogP contribution is 2.72. The number of esters is 1. The van der Waals surface area contributed by atoms with Crippen LogP contribution in [0.15, 0.2) is 59.9 Å². The van der Waals surface area contributed by atoms with Crippen LogP contribution in [0, 0.1) is 21.7 Å². The lowest BCUT2D eigenvalue weighted by Gasteiger charge is -2.71. The minimum absolute atomic E-state index is 0.0632. The maximum absolute atomic E-state index is 13.4. The summed E-state index contributed by atoms with van der Waals surface area (Å²) in [4.78, 5) is 54.1. The van der Waals surface area contributed by atoms with Crippen LogP contribution < -0.4 is 10.6 Å². The number of ether oxygens (including phenoxy) is 1. The van der Waals surface area contributed by atoms with Gasteiger partial charge in [0, 0.05) is 22.4 Å². The second-order valence-corrected chi connectivity index (χ2v) is 24.5. The van der Waals surface area contributed by atoms with Crippen molar-refractivity contribution in [3.8, 4) is 0 Å². The molecule has 0 unspecified atom stereocenters. The number of aryl methyl sites for hydroxylation is 2. The van der Waals surface area contributed by atoms with Gasteiger partial charge in [0.25, 0.3) is 0 Å². The van der Waals surface area contributed by atoms with Crippen LogP contribution in [-0.2, 0) is 38.2 Å². The molecule has 3 N–H and O–H groups in total. The Balaban J connectivity index is 0.000000164. The third-order valence-electron chi connectivity index (χ3n) is 16.7. The van der Waals surface area contributed by atoms with Crippen molar-refractivity contribution in [1.82, 2.24) is 20.4 Å². The van der Waals surface area contributed by atoms with Gasteiger partial charge in [-0.1, -0.05) is 102 Å². The number of carbonyl (C=O) groups is 4. The fourth-order valence-corrected chi connectivity index (χ4v) is 13.5. The fraction of sp³-hybridized carbons (Fsp3) is 0.623. The molecule has 2 aromatic rings. The number of nitrogens with one attached hydrogen (secondary N) is 2. The first-order chi connectivity index (χ1) is 30.5. The summed E-state index contributed by atoms with van der Waals surface area (Å²) in [6.07, 6.45) is 19.9. The normalized spacial score (nSPS) is 33.1. The molecule has 2 atom stereocenters. The summed E-state index contributed by atoms with van der Waals surface area (Å²) in [5.74, 6) is -0.861. The molecule has 8 aliphatic carbocycles. The van der Waals surface area contributed by atoms with Gasteiger partial charge >= 0.3 is 24.0 Å². The Labute approximate surface area is 395 Å². The lowest BCUT2D eigenvalue weighted by molar-refractivity contribution is -0.218. The molecule has 12 rings (SSSR count). The average molecular weight is 928 g/mol. The van der Waals surface area contributed by atoms with Crippen LogP contribution in [-0.4, -0.2) is 57.1 Å². The number of urea groups is 2. The summed E-state index contributed by atoms with van der Waals surface area (Å²) < 4.78 is 4.98. The van der Waals surface area contributed by atoms with E-state index in [4.69, 9.17) is 27.9 Å². The number of hydrogen-bond acceptors (Lipinski definition) is 5. The van der Waals surface area contributed by atoms with E-state index in [9.17, 15) is 24.3 Å². The molecule has 8 saturated carbocycles. The number of carboxylic acids is 1. The van der Waals surface area contributed by atoms with Gasteiger partial charge in [0.05, 0.1) is 40.1 Å². The molecule has 10 aliphatic rings. The Morgan fingerprint density at radius 3 is 1.42 bits per heavy atom. The van der Waals surface area contributed by atoms with Crippen molar-refractivity contribution in [2.24, 2.45) is 21.7 Å². The van der Waals surface area contributed by atoms with Crippen LogP contribution in [0.4, 0.5) is 9.59 Å². The van der Waals surface area contributed by atoms with Gasteiger partial charge in [-0.2, -0.15) is 0 Å². The number of rotatable bonds is 10. The number of hydrogen-bond donors (Lipinski definition) is 3. The quantitative estimate of drug-likeness (QED) is 0.204.